The van der Waals surface area contributed by atoms with Crippen molar-refractivity contribution in [1.82, 2.24) is 4.98 Å². The monoisotopic (exact) mass is 270 g/mol. The summed E-state index contributed by atoms with van der Waals surface area (Å²) in [6.07, 6.45) is 3.36. The fourth-order valence-electron chi connectivity index (χ4n) is 2.08. The minimum Gasteiger partial charge on any atom is -0.324 e. The Morgan fingerprint density at radius 1 is 1.30 bits per heavy atom. The van der Waals surface area contributed by atoms with Gasteiger partial charge in [-0.3, -0.25) is 15.6 Å². The average Bonchev–Trinajstić information content (AvgIpc) is 2.49. The number of nitrogens with two attached hydrogens (primary N) is 1. The van der Waals surface area contributed by atoms with E-state index in [1.54, 1.807) is 23.4 Å². The van der Waals surface area contributed by atoms with Gasteiger partial charge in [0.05, 0.1) is 5.69 Å². The number of aromatic nitrogens is 1. The molecule has 1 aromatic carbocycles. The average molecular weight is 270 g/mol. The summed E-state index contributed by atoms with van der Waals surface area (Å²) in [5.74, 6) is 5.36. The van der Waals surface area contributed by atoms with E-state index >= 15 is 0 Å². The Bertz CT molecular complexity index is 598. The van der Waals surface area contributed by atoms with E-state index in [1.165, 1.54) is 0 Å². The molecule has 0 saturated carbocycles. The van der Waals surface area contributed by atoms with E-state index in [2.05, 4.69) is 10.4 Å². The molecule has 0 atom stereocenters. The van der Waals surface area contributed by atoms with Crippen LogP contribution in [0.2, 0.25) is 0 Å². The smallest absolute Gasteiger partial charge is 0.258 e. The van der Waals surface area contributed by atoms with Crippen molar-refractivity contribution in [3.8, 4) is 0 Å². The molecule has 2 aromatic rings. The van der Waals surface area contributed by atoms with E-state index in [1.807, 2.05) is 38.1 Å². The molecule has 5 heteroatoms. The lowest BCUT2D eigenvalue weighted by atomic mass is 10.1. The van der Waals surface area contributed by atoms with Crippen LogP contribution in [-0.4, -0.2) is 17.4 Å². The maximum Gasteiger partial charge on any atom is 0.258 e. The number of nitrogen functional groups attached to an aromatic ring is 1. The number of nitrogens with zero attached hydrogens (tertiary/aromatic N) is 2. The second-order valence-electron chi connectivity index (χ2n) is 4.43. The summed E-state index contributed by atoms with van der Waals surface area (Å²) in [7, 11) is 0. The van der Waals surface area contributed by atoms with Crippen molar-refractivity contribution in [2.75, 3.05) is 16.9 Å². The number of hydrazine groups is 1. The first-order chi connectivity index (χ1) is 9.67. The van der Waals surface area contributed by atoms with Gasteiger partial charge in [-0.2, -0.15) is 0 Å². The van der Waals surface area contributed by atoms with Crippen LogP contribution in [0.3, 0.4) is 0 Å². The number of nitrogens with one attached hydrogen (secondary N) is 1. The summed E-state index contributed by atoms with van der Waals surface area (Å²) >= 11 is 0. The Morgan fingerprint density at radius 2 is 2.00 bits per heavy atom. The summed E-state index contributed by atoms with van der Waals surface area (Å²) in [6, 6.07) is 9.06. The van der Waals surface area contributed by atoms with Crippen LogP contribution in [0.1, 0.15) is 22.8 Å². The van der Waals surface area contributed by atoms with Gasteiger partial charge < -0.3 is 10.3 Å². The second kappa shape index (κ2) is 6.16. The molecule has 0 aliphatic rings. The topological polar surface area (TPSA) is 71.2 Å². The Kier molecular flexibility index (Phi) is 4.32. The van der Waals surface area contributed by atoms with Gasteiger partial charge in [-0.15, -0.1) is 0 Å². The highest BCUT2D eigenvalue weighted by atomic mass is 16.2. The van der Waals surface area contributed by atoms with E-state index in [9.17, 15) is 4.79 Å². The molecule has 104 valence electrons. The van der Waals surface area contributed by atoms with Crippen LogP contribution in [-0.2, 0) is 0 Å². The number of benzene rings is 1. The number of pyridine rings is 1. The van der Waals surface area contributed by atoms with Gasteiger partial charge in [-0.25, -0.2) is 0 Å². The summed E-state index contributed by atoms with van der Waals surface area (Å²) < 4.78 is 0. The van der Waals surface area contributed by atoms with Gasteiger partial charge in [0.2, 0.25) is 0 Å². The van der Waals surface area contributed by atoms with Gasteiger partial charge in [0, 0.05) is 30.2 Å². The maximum absolute atomic E-state index is 12.6. The highest BCUT2D eigenvalue weighted by Crippen LogP contribution is 2.19. The number of carbonyl (C=O) groups is 1. The molecule has 0 saturated heterocycles. The maximum atomic E-state index is 12.6. The molecule has 3 N–H and O–H groups in total. The SMILES string of the molecule is CCN(C(=O)c1ccc(NN)c(C)c1)c1ccncc1. The molecule has 20 heavy (non-hydrogen) atoms. The molecule has 1 amide bonds. The van der Waals surface area contributed by atoms with Crippen molar-refractivity contribution >= 4 is 17.3 Å². The van der Waals surface area contributed by atoms with E-state index in [-0.39, 0.29) is 5.91 Å². The number of hydrogen-bond acceptors (Lipinski definition) is 4. The number of rotatable bonds is 4. The van der Waals surface area contributed by atoms with Crippen molar-refractivity contribution in [3.63, 3.8) is 0 Å². The first-order valence-electron chi connectivity index (χ1n) is 6.46. The van der Waals surface area contributed by atoms with Gasteiger partial charge in [-0.05, 0) is 49.7 Å². The first-order valence-corrected chi connectivity index (χ1v) is 6.46. The summed E-state index contributed by atoms with van der Waals surface area (Å²) in [5, 5.41) is 0. The zero-order valence-electron chi connectivity index (χ0n) is 11.6. The number of hydrogen-bond donors (Lipinski definition) is 2. The third-order valence-electron chi connectivity index (χ3n) is 3.16. The van der Waals surface area contributed by atoms with Gasteiger partial charge in [0.15, 0.2) is 0 Å². The van der Waals surface area contributed by atoms with Gasteiger partial charge in [-0.1, -0.05) is 0 Å². The standard InChI is InChI=1S/C15H18N4O/c1-3-19(13-6-8-17-9-7-13)15(20)12-4-5-14(18-16)11(2)10-12/h4-10,18H,3,16H2,1-2H3. The van der Waals surface area contributed by atoms with E-state index in [0.717, 1.165) is 16.9 Å². The second-order valence-corrected chi connectivity index (χ2v) is 4.43. The molecular weight excluding hydrogens is 252 g/mol. The minimum absolute atomic E-state index is 0.0367. The third kappa shape index (κ3) is 2.78. The van der Waals surface area contributed by atoms with Crippen LogP contribution in [0.15, 0.2) is 42.7 Å². The Hall–Kier alpha value is -2.40. The molecule has 5 nitrogen and oxygen atoms in total. The van der Waals surface area contributed by atoms with E-state index in [4.69, 9.17) is 5.84 Å². The van der Waals surface area contributed by atoms with E-state index in [0.29, 0.717) is 12.1 Å². The largest absolute Gasteiger partial charge is 0.324 e. The number of amides is 1. The molecule has 0 spiro atoms. The summed E-state index contributed by atoms with van der Waals surface area (Å²) in [6.45, 7) is 4.45. The fraction of sp³-hybridized carbons (Fsp3) is 0.200. The number of carbonyl (C=O) groups excluding carboxylic acids is 1. The lowest BCUT2D eigenvalue weighted by Crippen LogP contribution is -2.30. The lowest BCUT2D eigenvalue weighted by Gasteiger charge is -2.21. The van der Waals surface area contributed by atoms with Crippen LogP contribution in [0.5, 0.6) is 0 Å². The molecule has 0 bridgehead atoms. The minimum atomic E-state index is -0.0367. The summed E-state index contributed by atoms with van der Waals surface area (Å²) in [5.41, 5.74) is 5.83. The van der Waals surface area contributed by atoms with Crippen LogP contribution in [0.4, 0.5) is 11.4 Å². The molecule has 1 heterocycles. The van der Waals surface area contributed by atoms with Crippen LogP contribution >= 0.6 is 0 Å². The van der Waals surface area contributed by atoms with Gasteiger partial charge >= 0.3 is 0 Å². The van der Waals surface area contributed by atoms with Crippen molar-refractivity contribution in [2.24, 2.45) is 5.84 Å². The van der Waals surface area contributed by atoms with Crippen molar-refractivity contribution in [2.45, 2.75) is 13.8 Å². The predicted molar refractivity (Wildman–Crippen MR) is 80.6 cm³/mol. The third-order valence-corrected chi connectivity index (χ3v) is 3.16. The molecule has 0 aliphatic carbocycles. The van der Waals surface area contributed by atoms with Crippen molar-refractivity contribution in [1.29, 1.82) is 0 Å². The van der Waals surface area contributed by atoms with Gasteiger partial charge in [0.25, 0.3) is 5.91 Å². The highest BCUT2D eigenvalue weighted by molar-refractivity contribution is 6.06. The molecule has 1 aromatic heterocycles. The molecule has 0 fully saturated rings. The quantitative estimate of drug-likeness (QED) is 0.661. The number of aryl methyl sites for hydroxylation is 1. The Morgan fingerprint density at radius 3 is 2.55 bits per heavy atom. The Balaban J connectivity index is 2.32. The van der Waals surface area contributed by atoms with Crippen LogP contribution in [0.25, 0.3) is 0 Å². The molecule has 0 unspecified atom stereocenters. The number of anilines is 2. The van der Waals surface area contributed by atoms with Crippen LogP contribution in [0, 0.1) is 6.92 Å². The summed E-state index contributed by atoms with van der Waals surface area (Å²) in [4.78, 5) is 18.3. The zero-order chi connectivity index (χ0) is 14.5. The van der Waals surface area contributed by atoms with Gasteiger partial charge in [0.1, 0.15) is 0 Å². The first kappa shape index (κ1) is 14.0. The van der Waals surface area contributed by atoms with E-state index < -0.39 is 0 Å². The van der Waals surface area contributed by atoms with Crippen molar-refractivity contribution in [3.05, 3.63) is 53.9 Å². The normalized spacial score (nSPS) is 10.2. The molecular formula is C15H18N4O. The zero-order valence-corrected chi connectivity index (χ0v) is 11.6. The van der Waals surface area contributed by atoms with Crippen molar-refractivity contribution < 1.29 is 4.79 Å². The molecule has 2 rings (SSSR count). The fourth-order valence-corrected chi connectivity index (χ4v) is 2.08. The predicted octanol–water partition coefficient (Wildman–Crippen LogP) is 2.34. The highest BCUT2D eigenvalue weighted by Gasteiger charge is 2.16. The molecule has 0 radical (unpaired) electrons. The molecule has 0 aliphatic heterocycles. The van der Waals surface area contributed by atoms with Crippen LogP contribution < -0.4 is 16.2 Å². The Labute approximate surface area is 118 Å². The lowest BCUT2D eigenvalue weighted by molar-refractivity contribution is 0.0988.